The van der Waals surface area contributed by atoms with Crippen molar-refractivity contribution in [2.24, 2.45) is 0 Å². The third-order valence-electron chi connectivity index (χ3n) is 4.32. The zero-order valence-electron chi connectivity index (χ0n) is 16.7. The monoisotopic (exact) mass is 406 g/mol. The van der Waals surface area contributed by atoms with Crippen molar-refractivity contribution in [1.29, 1.82) is 0 Å². The van der Waals surface area contributed by atoms with E-state index in [1.807, 2.05) is 24.3 Å². The molecule has 2 aromatic carbocycles. The molecule has 0 saturated carbocycles. The first-order chi connectivity index (χ1) is 14.4. The summed E-state index contributed by atoms with van der Waals surface area (Å²) < 4.78 is 10.1. The van der Waals surface area contributed by atoms with Crippen LogP contribution in [0, 0.1) is 0 Å². The summed E-state index contributed by atoms with van der Waals surface area (Å²) in [6.45, 7) is 3.78. The number of nitrogens with one attached hydrogen (secondary N) is 2. The maximum atomic E-state index is 12.1. The van der Waals surface area contributed by atoms with Gasteiger partial charge in [-0.2, -0.15) is 0 Å². The van der Waals surface area contributed by atoms with Crippen LogP contribution in [-0.2, 0) is 9.53 Å². The number of hydrogen-bond donors (Lipinski definition) is 2. The van der Waals surface area contributed by atoms with Gasteiger partial charge in [0.2, 0.25) is 0 Å². The summed E-state index contributed by atoms with van der Waals surface area (Å²) in [6, 6.07) is 16.8. The van der Waals surface area contributed by atoms with Crippen molar-refractivity contribution in [2.75, 3.05) is 17.2 Å². The number of ether oxygens (including phenoxy) is 1. The fourth-order valence-corrected chi connectivity index (χ4v) is 2.65. The zero-order valence-corrected chi connectivity index (χ0v) is 16.7. The highest BCUT2D eigenvalue weighted by atomic mass is 16.5. The average Bonchev–Trinajstić information content (AvgIpc) is 3.28. The molecule has 7 heteroatoms. The lowest BCUT2D eigenvalue weighted by Gasteiger charge is -2.09. The van der Waals surface area contributed by atoms with Crippen molar-refractivity contribution in [3.05, 3.63) is 83.8 Å². The van der Waals surface area contributed by atoms with Gasteiger partial charge in [0.05, 0.1) is 11.8 Å². The molecule has 0 radical (unpaired) electrons. The van der Waals surface area contributed by atoms with Gasteiger partial charge in [0.1, 0.15) is 0 Å². The molecule has 2 amide bonds. The van der Waals surface area contributed by atoms with Crippen molar-refractivity contribution in [2.45, 2.75) is 19.8 Å². The lowest BCUT2D eigenvalue weighted by molar-refractivity contribution is -0.119. The Morgan fingerprint density at radius 3 is 2.13 bits per heavy atom. The van der Waals surface area contributed by atoms with Gasteiger partial charge in [-0.05, 0) is 60.0 Å². The topological polar surface area (TPSA) is 97.6 Å². The predicted octanol–water partition coefficient (Wildman–Crippen LogP) is 4.45. The largest absolute Gasteiger partial charge is 0.459 e. The van der Waals surface area contributed by atoms with Gasteiger partial charge in [-0.3, -0.25) is 9.59 Å². The SMILES string of the molecule is CC(C)c1ccc(NC(=O)COC(=O)c2ccc(NC(=O)c3ccco3)cc2)cc1. The van der Waals surface area contributed by atoms with Crippen LogP contribution >= 0.6 is 0 Å². The minimum Gasteiger partial charge on any atom is -0.459 e. The molecule has 154 valence electrons. The van der Waals surface area contributed by atoms with Crippen molar-refractivity contribution < 1.29 is 23.5 Å². The third-order valence-corrected chi connectivity index (χ3v) is 4.32. The normalized spacial score (nSPS) is 10.5. The molecule has 0 aliphatic carbocycles. The smallest absolute Gasteiger partial charge is 0.338 e. The first kappa shape index (κ1) is 20.9. The molecule has 1 aromatic heterocycles. The summed E-state index contributed by atoms with van der Waals surface area (Å²) >= 11 is 0. The summed E-state index contributed by atoms with van der Waals surface area (Å²) in [5.41, 5.74) is 2.57. The summed E-state index contributed by atoms with van der Waals surface area (Å²) in [6.07, 6.45) is 1.41. The van der Waals surface area contributed by atoms with E-state index in [9.17, 15) is 14.4 Å². The highest BCUT2D eigenvalue weighted by Crippen LogP contribution is 2.17. The quantitative estimate of drug-likeness (QED) is 0.565. The standard InChI is InChI=1S/C23H22N2O5/c1-15(2)16-5-9-18(10-6-16)24-21(26)14-30-23(28)17-7-11-19(12-8-17)25-22(27)20-4-3-13-29-20/h3-13,15H,14H2,1-2H3,(H,24,26)(H,25,27). The molecule has 0 bridgehead atoms. The number of anilines is 2. The molecule has 0 unspecified atom stereocenters. The minimum absolute atomic E-state index is 0.184. The first-order valence-corrected chi connectivity index (χ1v) is 9.44. The van der Waals surface area contributed by atoms with Crippen LogP contribution in [0.4, 0.5) is 11.4 Å². The van der Waals surface area contributed by atoms with Gasteiger partial charge in [-0.25, -0.2) is 4.79 Å². The van der Waals surface area contributed by atoms with Gasteiger partial charge in [0.15, 0.2) is 12.4 Å². The van der Waals surface area contributed by atoms with Gasteiger partial charge in [-0.15, -0.1) is 0 Å². The van der Waals surface area contributed by atoms with E-state index in [1.165, 1.54) is 24.0 Å². The van der Waals surface area contributed by atoms with Gasteiger partial charge in [-0.1, -0.05) is 26.0 Å². The summed E-state index contributed by atoms with van der Waals surface area (Å²) in [5, 5.41) is 5.34. The molecule has 1 heterocycles. The van der Waals surface area contributed by atoms with Gasteiger partial charge in [0.25, 0.3) is 11.8 Å². The maximum absolute atomic E-state index is 12.1. The second-order valence-electron chi connectivity index (χ2n) is 6.91. The first-order valence-electron chi connectivity index (χ1n) is 9.44. The fourth-order valence-electron chi connectivity index (χ4n) is 2.65. The van der Waals surface area contributed by atoms with Crippen LogP contribution in [-0.4, -0.2) is 24.4 Å². The molecule has 3 rings (SSSR count). The van der Waals surface area contributed by atoms with Gasteiger partial charge < -0.3 is 19.8 Å². The Balaban J connectivity index is 1.48. The summed E-state index contributed by atoms with van der Waals surface area (Å²) in [7, 11) is 0. The average molecular weight is 406 g/mol. The van der Waals surface area contributed by atoms with Crippen molar-refractivity contribution in [1.82, 2.24) is 0 Å². The molecular formula is C23H22N2O5. The minimum atomic E-state index is -0.635. The van der Waals surface area contributed by atoms with E-state index in [-0.39, 0.29) is 11.3 Å². The Morgan fingerprint density at radius 1 is 0.900 bits per heavy atom. The van der Waals surface area contributed by atoms with Crippen LogP contribution in [0.3, 0.4) is 0 Å². The lowest BCUT2D eigenvalue weighted by atomic mass is 10.0. The van der Waals surface area contributed by atoms with Crippen LogP contribution in [0.5, 0.6) is 0 Å². The Labute approximate surface area is 174 Å². The molecule has 0 spiro atoms. The highest BCUT2D eigenvalue weighted by Gasteiger charge is 2.12. The van der Waals surface area contributed by atoms with E-state index in [4.69, 9.17) is 9.15 Å². The zero-order chi connectivity index (χ0) is 21.5. The molecule has 0 aliphatic heterocycles. The van der Waals surface area contributed by atoms with E-state index in [2.05, 4.69) is 24.5 Å². The van der Waals surface area contributed by atoms with Crippen LogP contribution < -0.4 is 10.6 Å². The van der Waals surface area contributed by atoms with Crippen LogP contribution in [0.25, 0.3) is 0 Å². The number of carbonyl (C=O) groups is 3. The molecule has 3 aromatic rings. The second-order valence-corrected chi connectivity index (χ2v) is 6.91. The summed E-state index contributed by atoms with van der Waals surface area (Å²) in [4.78, 5) is 36.1. The van der Waals surface area contributed by atoms with E-state index in [1.54, 1.807) is 24.3 Å². The van der Waals surface area contributed by atoms with Gasteiger partial charge >= 0.3 is 5.97 Å². The molecule has 30 heavy (non-hydrogen) atoms. The molecule has 7 nitrogen and oxygen atoms in total. The van der Waals surface area contributed by atoms with Crippen LogP contribution in [0.15, 0.2) is 71.3 Å². The number of hydrogen-bond acceptors (Lipinski definition) is 5. The number of carbonyl (C=O) groups excluding carboxylic acids is 3. The Morgan fingerprint density at radius 2 is 1.53 bits per heavy atom. The van der Waals surface area contributed by atoms with Crippen molar-refractivity contribution in [3.63, 3.8) is 0 Å². The number of amides is 2. The van der Waals surface area contributed by atoms with Crippen LogP contribution in [0.2, 0.25) is 0 Å². The number of furan rings is 1. The maximum Gasteiger partial charge on any atom is 0.338 e. The Bertz CT molecular complexity index is 1010. The van der Waals surface area contributed by atoms with E-state index < -0.39 is 24.4 Å². The van der Waals surface area contributed by atoms with Crippen LogP contribution in [0.1, 0.15) is 46.2 Å². The van der Waals surface area contributed by atoms with E-state index in [0.717, 1.165) is 0 Å². The van der Waals surface area contributed by atoms with Crippen molar-refractivity contribution >= 4 is 29.2 Å². The van der Waals surface area contributed by atoms with E-state index >= 15 is 0 Å². The molecule has 0 atom stereocenters. The highest BCUT2D eigenvalue weighted by molar-refractivity contribution is 6.02. The van der Waals surface area contributed by atoms with Gasteiger partial charge in [0, 0.05) is 11.4 Å². The summed E-state index contributed by atoms with van der Waals surface area (Å²) in [5.74, 6) is -0.871. The molecular weight excluding hydrogens is 384 g/mol. The molecule has 2 N–H and O–H groups in total. The molecule has 0 fully saturated rings. The number of rotatable bonds is 7. The lowest BCUT2D eigenvalue weighted by Crippen LogP contribution is -2.21. The predicted molar refractivity (Wildman–Crippen MR) is 113 cm³/mol. The van der Waals surface area contributed by atoms with Crippen molar-refractivity contribution in [3.8, 4) is 0 Å². The third kappa shape index (κ3) is 5.57. The Hall–Kier alpha value is -3.87. The molecule has 0 saturated heterocycles. The Kier molecular flexibility index (Phi) is 6.64. The molecule has 0 aliphatic rings. The number of esters is 1. The second kappa shape index (κ2) is 9.56. The fraction of sp³-hybridized carbons (Fsp3) is 0.174. The number of benzene rings is 2. The van der Waals surface area contributed by atoms with E-state index in [0.29, 0.717) is 17.3 Å².